The van der Waals surface area contributed by atoms with Crippen molar-refractivity contribution >= 4 is 23.4 Å². The quantitative estimate of drug-likeness (QED) is 0.431. The third kappa shape index (κ3) is 4.24. The number of aliphatic hydroxyl groups excluding tert-OH is 1. The Bertz CT molecular complexity index is 1000. The zero-order chi connectivity index (χ0) is 21.1. The fourth-order valence-corrected chi connectivity index (χ4v) is 4.74. The lowest BCUT2D eigenvalue weighted by atomic mass is 9.97. The number of ether oxygens (including phenoxy) is 3. The lowest BCUT2D eigenvalue weighted by Gasteiger charge is -2.46. The lowest BCUT2D eigenvalue weighted by molar-refractivity contribution is -0.297. The SMILES string of the molecule is N#Cc1ncc(Cl)cc1S[C@H]1OC2COC(c3ccccc3)O[C@@H]2C(N=[N+]=[N-])C1O. The van der Waals surface area contributed by atoms with Gasteiger partial charge in [-0.25, -0.2) is 4.98 Å². The van der Waals surface area contributed by atoms with E-state index >= 15 is 0 Å². The molecule has 30 heavy (non-hydrogen) atoms. The Labute approximate surface area is 181 Å². The van der Waals surface area contributed by atoms with Crippen LogP contribution in [0.1, 0.15) is 17.5 Å². The van der Waals surface area contributed by atoms with Crippen LogP contribution in [0.5, 0.6) is 0 Å². The highest BCUT2D eigenvalue weighted by atomic mass is 35.5. The van der Waals surface area contributed by atoms with Crippen molar-refractivity contribution in [2.45, 2.75) is 41.0 Å². The lowest BCUT2D eigenvalue weighted by Crippen LogP contribution is -2.60. The van der Waals surface area contributed by atoms with Crippen LogP contribution in [0.4, 0.5) is 0 Å². The van der Waals surface area contributed by atoms with Crippen molar-refractivity contribution in [2.75, 3.05) is 6.61 Å². The molecule has 1 aromatic heterocycles. The van der Waals surface area contributed by atoms with Crippen molar-refractivity contribution in [3.8, 4) is 6.07 Å². The van der Waals surface area contributed by atoms with Gasteiger partial charge in [0.1, 0.15) is 29.8 Å². The Hall–Kier alpha value is -2.35. The van der Waals surface area contributed by atoms with E-state index in [1.54, 1.807) is 6.07 Å². The highest BCUT2D eigenvalue weighted by molar-refractivity contribution is 7.99. The number of nitriles is 1. The van der Waals surface area contributed by atoms with Gasteiger partial charge in [-0.1, -0.05) is 58.8 Å². The molecular formula is C19H16ClN5O4S. The molecule has 4 unspecified atom stereocenters. The van der Waals surface area contributed by atoms with Crippen molar-refractivity contribution in [2.24, 2.45) is 5.11 Å². The average Bonchev–Trinajstić information content (AvgIpc) is 2.77. The summed E-state index contributed by atoms with van der Waals surface area (Å²) in [6, 6.07) is 12.0. The molecule has 2 saturated heterocycles. The highest BCUT2D eigenvalue weighted by Gasteiger charge is 2.49. The van der Waals surface area contributed by atoms with Crippen LogP contribution < -0.4 is 0 Å². The van der Waals surface area contributed by atoms with Crippen LogP contribution in [0.2, 0.25) is 5.02 Å². The van der Waals surface area contributed by atoms with E-state index in [2.05, 4.69) is 15.0 Å². The second kappa shape index (κ2) is 9.20. The minimum atomic E-state index is -1.19. The van der Waals surface area contributed by atoms with E-state index in [-0.39, 0.29) is 12.3 Å². The summed E-state index contributed by atoms with van der Waals surface area (Å²) in [6.45, 7) is 0.185. The van der Waals surface area contributed by atoms with E-state index in [0.717, 1.165) is 17.3 Å². The molecule has 9 nitrogen and oxygen atoms in total. The van der Waals surface area contributed by atoms with Gasteiger partial charge in [-0.2, -0.15) is 5.26 Å². The fraction of sp³-hybridized carbons (Fsp3) is 0.368. The van der Waals surface area contributed by atoms with Gasteiger partial charge in [0.15, 0.2) is 12.0 Å². The molecule has 0 aliphatic carbocycles. The number of azide groups is 1. The number of hydrogen-bond acceptors (Lipinski definition) is 8. The summed E-state index contributed by atoms with van der Waals surface area (Å²) in [5, 5.41) is 24.3. The molecule has 0 saturated carbocycles. The molecule has 11 heteroatoms. The molecule has 3 heterocycles. The first-order chi connectivity index (χ1) is 14.6. The largest absolute Gasteiger partial charge is 0.389 e. The molecular weight excluding hydrogens is 430 g/mol. The molecule has 0 radical (unpaired) electrons. The van der Waals surface area contributed by atoms with Crippen molar-refractivity contribution in [1.82, 2.24) is 4.98 Å². The first-order valence-electron chi connectivity index (χ1n) is 9.02. The van der Waals surface area contributed by atoms with Crippen LogP contribution in [0.3, 0.4) is 0 Å². The van der Waals surface area contributed by atoms with Gasteiger partial charge in [0.25, 0.3) is 0 Å². The van der Waals surface area contributed by atoms with E-state index in [1.807, 2.05) is 36.4 Å². The molecule has 2 aliphatic rings. The zero-order valence-electron chi connectivity index (χ0n) is 15.4. The van der Waals surface area contributed by atoms with Gasteiger partial charge in [-0.3, -0.25) is 0 Å². The summed E-state index contributed by atoms with van der Waals surface area (Å²) in [5.74, 6) is 0. The van der Waals surface area contributed by atoms with Crippen LogP contribution in [-0.2, 0) is 14.2 Å². The molecule has 2 aliphatic heterocycles. The molecule has 0 amide bonds. The smallest absolute Gasteiger partial charge is 0.184 e. The average molecular weight is 446 g/mol. The third-order valence-electron chi connectivity index (χ3n) is 4.76. The number of aliphatic hydroxyl groups is 1. The van der Waals surface area contributed by atoms with Gasteiger partial charge in [0.05, 0.1) is 17.7 Å². The summed E-state index contributed by atoms with van der Waals surface area (Å²) >= 11 is 7.08. The van der Waals surface area contributed by atoms with E-state index in [0.29, 0.717) is 9.92 Å². The Morgan fingerprint density at radius 2 is 2.13 bits per heavy atom. The summed E-state index contributed by atoms with van der Waals surface area (Å²) in [4.78, 5) is 7.32. The van der Waals surface area contributed by atoms with Gasteiger partial charge >= 0.3 is 0 Å². The molecule has 4 rings (SSSR count). The topological polar surface area (TPSA) is 133 Å². The van der Waals surface area contributed by atoms with Gasteiger partial charge in [-0.05, 0) is 11.6 Å². The summed E-state index contributed by atoms with van der Waals surface area (Å²) in [5.41, 5.74) is 9.17. The van der Waals surface area contributed by atoms with Crippen LogP contribution in [0.25, 0.3) is 10.4 Å². The van der Waals surface area contributed by atoms with Crippen LogP contribution in [0, 0.1) is 11.3 Å². The number of rotatable bonds is 4. The Morgan fingerprint density at radius 1 is 1.33 bits per heavy atom. The highest BCUT2D eigenvalue weighted by Crippen LogP contribution is 2.40. The maximum Gasteiger partial charge on any atom is 0.184 e. The fourth-order valence-electron chi connectivity index (χ4n) is 3.37. The second-order valence-electron chi connectivity index (χ2n) is 6.64. The Kier molecular flexibility index (Phi) is 6.41. The number of fused-ring (bicyclic) bond motifs is 1. The molecule has 2 aromatic rings. The van der Waals surface area contributed by atoms with Crippen molar-refractivity contribution < 1.29 is 19.3 Å². The molecule has 6 atom stereocenters. The number of benzene rings is 1. The maximum absolute atomic E-state index is 10.9. The normalized spacial score (nSPS) is 30.6. The summed E-state index contributed by atoms with van der Waals surface area (Å²) in [6.07, 6.45) is -1.75. The predicted octanol–water partition coefficient (Wildman–Crippen LogP) is 3.58. The van der Waals surface area contributed by atoms with Crippen LogP contribution in [-0.4, -0.2) is 46.5 Å². The maximum atomic E-state index is 10.9. The molecule has 154 valence electrons. The minimum absolute atomic E-state index is 0.156. The standard InChI is InChI=1S/C19H16ClN5O4S/c20-11-6-14(12(7-21)23-8-11)30-19-16(26)15(24-25-22)17-13(28-19)9-27-18(29-17)10-4-2-1-3-5-10/h1-6,8,13,15-19,26H,9H2/t13?,15?,16?,17-,18?,19+/m0/s1. The van der Waals surface area contributed by atoms with Gasteiger partial charge in [0, 0.05) is 21.6 Å². The Morgan fingerprint density at radius 3 is 2.87 bits per heavy atom. The predicted molar refractivity (Wildman–Crippen MR) is 107 cm³/mol. The molecule has 0 spiro atoms. The molecule has 1 N–H and O–H groups in total. The number of pyridine rings is 1. The Balaban J connectivity index is 1.57. The number of nitrogens with zero attached hydrogens (tertiary/aromatic N) is 5. The minimum Gasteiger partial charge on any atom is -0.389 e. The number of aromatic nitrogens is 1. The first-order valence-corrected chi connectivity index (χ1v) is 10.3. The molecule has 2 fully saturated rings. The van der Waals surface area contributed by atoms with E-state index < -0.39 is 36.1 Å². The van der Waals surface area contributed by atoms with E-state index in [9.17, 15) is 10.4 Å². The van der Waals surface area contributed by atoms with E-state index in [4.69, 9.17) is 31.3 Å². The van der Waals surface area contributed by atoms with Gasteiger partial charge in [-0.15, -0.1) is 0 Å². The van der Waals surface area contributed by atoms with Crippen molar-refractivity contribution in [3.05, 3.63) is 69.3 Å². The number of halogens is 1. The van der Waals surface area contributed by atoms with Gasteiger partial charge in [0.2, 0.25) is 0 Å². The van der Waals surface area contributed by atoms with Crippen molar-refractivity contribution in [3.63, 3.8) is 0 Å². The van der Waals surface area contributed by atoms with E-state index in [1.165, 1.54) is 6.20 Å². The molecule has 1 aromatic carbocycles. The first kappa shape index (κ1) is 20.9. The number of thioether (sulfide) groups is 1. The summed E-state index contributed by atoms with van der Waals surface area (Å²) in [7, 11) is 0. The zero-order valence-corrected chi connectivity index (χ0v) is 17.0. The second-order valence-corrected chi connectivity index (χ2v) is 8.21. The molecule has 0 bridgehead atoms. The summed E-state index contributed by atoms with van der Waals surface area (Å²) < 4.78 is 17.8. The third-order valence-corrected chi connectivity index (χ3v) is 6.15. The monoisotopic (exact) mass is 445 g/mol. The van der Waals surface area contributed by atoms with Gasteiger partial charge < -0.3 is 19.3 Å². The van der Waals surface area contributed by atoms with Crippen LogP contribution in [0.15, 0.2) is 52.6 Å². The van der Waals surface area contributed by atoms with Crippen LogP contribution >= 0.6 is 23.4 Å². The number of hydrogen-bond donors (Lipinski definition) is 1. The van der Waals surface area contributed by atoms with Crippen molar-refractivity contribution in [1.29, 1.82) is 5.26 Å².